The fraction of sp³-hybridized carbons (Fsp3) is 0.500. The average molecular weight is 461 g/mol. The van der Waals surface area contributed by atoms with Gasteiger partial charge in [0.25, 0.3) is 0 Å². The molecule has 3 aliphatic heterocycles. The molecule has 8 heteroatoms. The van der Waals surface area contributed by atoms with Crippen LogP contribution in [0.15, 0.2) is 34.1 Å². The predicted octanol–water partition coefficient (Wildman–Crippen LogP) is 3.96. The van der Waals surface area contributed by atoms with Crippen LogP contribution in [0.5, 0.6) is 23.0 Å². The Morgan fingerprint density at radius 2 is 1.19 bits per heavy atom. The summed E-state index contributed by atoms with van der Waals surface area (Å²) in [4.78, 5) is 1.40. The van der Waals surface area contributed by atoms with Gasteiger partial charge >= 0.3 is 0 Å². The summed E-state index contributed by atoms with van der Waals surface area (Å²) in [6.07, 6.45) is 0.162. The molecule has 2 fully saturated rings. The largest absolute Gasteiger partial charge is 0.487 e. The minimum Gasteiger partial charge on any atom is -0.487 e. The molecule has 172 valence electrons. The van der Waals surface area contributed by atoms with Crippen LogP contribution in [0.4, 0.5) is 0 Å². The van der Waals surface area contributed by atoms with Crippen LogP contribution in [0.1, 0.15) is 27.7 Å². The fourth-order valence-corrected chi connectivity index (χ4v) is 4.94. The molecule has 0 bridgehead atoms. The highest BCUT2D eigenvalue weighted by Gasteiger charge is 2.32. The van der Waals surface area contributed by atoms with Gasteiger partial charge in [-0.1, -0.05) is 0 Å². The molecule has 0 amide bonds. The molecule has 2 unspecified atom stereocenters. The Balaban J connectivity index is 1.54. The Morgan fingerprint density at radius 1 is 0.781 bits per heavy atom. The van der Waals surface area contributed by atoms with E-state index in [-0.39, 0.29) is 24.4 Å². The lowest BCUT2D eigenvalue weighted by atomic mass is 10.0. The monoisotopic (exact) mass is 460 g/mol. The number of hydrogen-bond donors (Lipinski definition) is 0. The van der Waals surface area contributed by atoms with Gasteiger partial charge in [-0.3, -0.25) is 0 Å². The van der Waals surface area contributed by atoms with Crippen LogP contribution in [0.25, 0.3) is 11.1 Å². The highest BCUT2D eigenvalue weighted by atomic mass is 32.2. The Kier molecular flexibility index (Phi) is 5.77. The second-order valence-electron chi connectivity index (χ2n) is 8.72. The minimum atomic E-state index is -1.36. The first-order chi connectivity index (χ1) is 15.4. The molecule has 32 heavy (non-hydrogen) atoms. The first-order valence-corrected chi connectivity index (χ1v) is 12.1. The van der Waals surface area contributed by atoms with E-state index in [1.165, 1.54) is 0 Å². The average Bonchev–Trinajstić information content (AvgIpc) is 3.65. The topological polar surface area (TPSA) is 79.1 Å². The molecule has 0 saturated carbocycles. The zero-order valence-electron chi connectivity index (χ0n) is 18.7. The normalized spacial score (nSPS) is 22.5. The van der Waals surface area contributed by atoms with Gasteiger partial charge in [0.1, 0.15) is 25.4 Å². The molecule has 3 heterocycles. The van der Waals surface area contributed by atoms with Crippen molar-refractivity contribution in [3.05, 3.63) is 24.3 Å². The third-order valence-corrected chi connectivity index (χ3v) is 6.64. The molecule has 0 radical (unpaired) electrons. The lowest BCUT2D eigenvalue weighted by molar-refractivity contribution is 0.211. The van der Waals surface area contributed by atoms with Crippen LogP contribution >= 0.6 is 0 Å². The number of ether oxygens (including phenoxy) is 6. The second-order valence-corrected chi connectivity index (χ2v) is 10.1. The quantitative estimate of drug-likeness (QED) is 0.424. The third-order valence-electron chi connectivity index (χ3n) is 5.16. The fourth-order valence-electron chi connectivity index (χ4n) is 3.54. The summed E-state index contributed by atoms with van der Waals surface area (Å²) in [5.41, 5.74) is 1.70. The van der Waals surface area contributed by atoms with Crippen LogP contribution < -0.4 is 18.9 Å². The second kappa shape index (κ2) is 8.57. The molecule has 2 aromatic rings. The van der Waals surface area contributed by atoms with Gasteiger partial charge in [0.2, 0.25) is 0 Å². The molecule has 0 aliphatic carbocycles. The van der Waals surface area contributed by atoms with E-state index in [2.05, 4.69) is 0 Å². The van der Waals surface area contributed by atoms with E-state index in [0.29, 0.717) is 59.2 Å². The van der Waals surface area contributed by atoms with Gasteiger partial charge in [-0.2, -0.15) is 0 Å². The summed E-state index contributed by atoms with van der Waals surface area (Å²) in [5.74, 6) is 2.41. The summed E-state index contributed by atoms with van der Waals surface area (Å²) < 4.78 is 47.9. The lowest BCUT2D eigenvalue weighted by Gasteiger charge is -2.17. The van der Waals surface area contributed by atoms with Crippen LogP contribution in [0, 0.1) is 0 Å². The third kappa shape index (κ3) is 4.58. The van der Waals surface area contributed by atoms with Crippen molar-refractivity contribution in [2.45, 2.75) is 61.9 Å². The summed E-state index contributed by atoms with van der Waals surface area (Å²) in [7, 11) is -1.36. The summed E-state index contributed by atoms with van der Waals surface area (Å²) in [6, 6.07) is 7.48. The van der Waals surface area contributed by atoms with Crippen LogP contribution in [0.3, 0.4) is 0 Å². The SMILES string of the molecule is CC(C)Oc1cc2c(cc1OCC1CO1)-c1cc(OCC3CO3)c(OC(C)C)cc1S2=O. The molecule has 7 nitrogen and oxygen atoms in total. The van der Waals surface area contributed by atoms with E-state index >= 15 is 0 Å². The molecule has 0 spiro atoms. The van der Waals surface area contributed by atoms with E-state index in [1.54, 1.807) is 0 Å². The summed E-state index contributed by atoms with van der Waals surface area (Å²) >= 11 is 0. The highest BCUT2D eigenvalue weighted by Crippen LogP contribution is 2.49. The zero-order valence-corrected chi connectivity index (χ0v) is 19.5. The molecular weight excluding hydrogens is 432 g/mol. The maximum Gasteiger partial charge on any atom is 0.162 e. The first kappa shape index (κ1) is 21.6. The molecule has 2 aromatic carbocycles. The standard InChI is InChI=1S/C24H28O7S/c1-13(2)30-21-7-23-17(5-19(21)28-11-15-9-26-15)18-6-20(29-12-16-10-27-16)22(31-14(3)4)8-24(18)32(23)25/h5-8,13-16H,9-12H2,1-4H3. The van der Waals surface area contributed by atoms with Gasteiger partial charge in [-0.25, -0.2) is 4.21 Å². The number of benzene rings is 2. The van der Waals surface area contributed by atoms with Crippen molar-refractivity contribution >= 4 is 10.8 Å². The molecule has 2 atom stereocenters. The highest BCUT2D eigenvalue weighted by molar-refractivity contribution is 7.85. The van der Waals surface area contributed by atoms with Crippen LogP contribution in [-0.4, -0.2) is 55.1 Å². The number of rotatable bonds is 10. The van der Waals surface area contributed by atoms with Gasteiger partial charge in [0.05, 0.1) is 46.0 Å². The summed E-state index contributed by atoms with van der Waals surface area (Å²) in [6.45, 7) is 10.2. The van der Waals surface area contributed by atoms with Crippen LogP contribution in [0.2, 0.25) is 0 Å². The van der Waals surface area contributed by atoms with Crippen molar-refractivity contribution in [3.63, 3.8) is 0 Å². The predicted molar refractivity (Wildman–Crippen MR) is 119 cm³/mol. The van der Waals surface area contributed by atoms with Gasteiger partial charge in [0, 0.05) is 23.3 Å². The Hall–Kier alpha value is -2.29. The van der Waals surface area contributed by atoms with Gasteiger partial charge < -0.3 is 28.4 Å². The zero-order chi connectivity index (χ0) is 22.4. The van der Waals surface area contributed by atoms with Crippen molar-refractivity contribution in [1.82, 2.24) is 0 Å². The van der Waals surface area contributed by atoms with Crippen molar-refractivity contribution < 1.29 is 32.6 Å². The maximum absolute atomic E-state index is 13.4. The van der Waals surface area contributed by atoms with E-state index in [4.69, 9.17) is 28.4 Å². The number of fused-ring (bicyclic) bond motifs is 3. The van der Waals surface area contributed by atoms with Gasteiger partial charge in [-0.05, 0) is 39.8 Å². The minimum absolute atomic E-state index is 0.0412. The maximum atomic E-state index is 13.4. The smallest absolute Gasteiger partial charge is 0.162 e. The summed E-state index contributed by atoms with van der Waals surface area (Å²) in [5, 5.41) is 0. The van der Waals surface area contributed by atoms with Crippen molar-refractivity contribution in [3.8, 4) is 34.1 Å². The first-order valence-electron chi connectivity index (χ1n) is 11.0. The Labute approximate surface area is 190 Å². The molecule has 0 N–H and O–H groups in total. The van der Waals surface area contributed by atoms with Crippen molar-refractivity contribution in [2.75, 3.05) is 26.4 Å². The molecular formula is C24H28O7S. The van der Waals surface area contributed by atoms with E-state index in [9.17, 15) is 4.21 Å². The molecule has 0 aromatic heterocycles. The van der Waals surface area contributed by atoms with Crippen molar-refractivity contribution in [2.24, 2.45) is 0 Å². The van der Waals surface area contributed by atoms with Gasteiger partial charge in [0.15, 0.2) is 23.0 Å². The Morgan fingerprint density at radius 3 is 1.53 bits per heavy atom. The van der Waals surface area contributed by atoms with E-state index < -0.39 is 10.8 Å². The van der Waals surface area contributed by atoms with Crippen molar-refractivity contribution in [1.29, 1.82) is 0 Å². The van der Waals surface area contributed by atoms with E-state index in [0.717, 1.165) is 11.1 Å². The number of epoxide rings is 2. The van der Waals surface area contributed by atoms with Gasteiger partial charge in [-0.15, -0.1) is 0 Å². The molecule has 2 saturated heterocycles. The molecule has 5 rings (SSSR count). The lowest BCUT2D eigenvalue weighted by Crippen LogP contribution is -2.10. The Bertz CT molecular complexity index is 960. The number of hydrogen-bond acceptors (Lipinski definition) is 7. The van der Waals surface area contributed by atoms with E-state index in [1.807, 2.05) is 52.0 Å². The molecule has 3 aliphatic rings. The van der Waals surface area contributed by atoms with Crippen LogP contribution in [-0.2, 0) is 20.3 Å².